The van der Waals surface area contributed by atoms with Crippen LogP contribution in [0.1, 0.15) is 37.6 Å². The van der Waals surface area contributed by atoms with Gasteiger partial charge in [-0.1, -0.05) is 13.0 Å². The van der Waals surface area contributed by atoms with Crippen LogP contribution in [0, 0.1) is 0 Å². The molecule has 0 spiro atoms. The van der Waals surface area contributed by atoms with Crippen molar-refractivity contribution in [3.05, 3.63) is 29.8 Å². The monoisotopic (exact) mass is 271 g/mol. The van der Waals surface area contributed by atoms with E-state index in [4.69, 9.17) is 4.18 Å². The Bertz CT molecular complexity index is 383. The number of amides is 1. The van der Waals surface area contributed by atoms with E-state index >= 15 is 0 Å². The molecule has 0 heterocycles. The lowest BCUT2D eigenvalue weighted by Crippen LogP contribution is -2.42. The smallest absolute Gasteiger partial charge is 0.251 e. The Morgan fingerprint density at radius 2 is 2.06 bits per heavy atom. The Kier molecular flexibility index (Phi) is 7.42. The van der Waals surface area contributed by atoms with Gasteiger partial charge in [-0.25, -0.2) is 0 Å². The first-order valence-electron chi connectivity index (χ1n) is 5.56. The van der Waals surface area contributed by atoms with Gasteiger partial charge in [0.25, 0.3) is 5.91 Å². The standard InChI is InChI=1S/C12H17NO2S.H4N2/c1-4-12(2,3)13-11(14)9-6-5-7-10(8-9)15-16;1-2/h5-8,16H,4H2,1-3H3,(H,13,14);1-2H2. The summed E-state index contributed by atoms with van der Waals surface area (Å²) in [5.41, 5.74) is 0.377. The molecule has 6 heteroatoms. The van der Waals surface area contributed by atoms with Gasteiger partial charge in [0.1, 0.15) is 5.75 Å². The SMILES string of the molecule is CCC(C)(C)NC(=O)c1cccc(OS)c1.NN. The van der Waals surface area contributed by atoms with Crippen LogP contribution in [0.2, 0.25) is 0 Å². The summed E-state index contributed by atoms with van der Waals surface area (Å²) in [4.78, 5) is 11.9. The van der Waals surface area contributed by atoms with Gasteiger partial charge in [0.2, 0.25) is 0 Å². The molecule has 0 aliphatic carbocycles. The van der Waals surface area contributed by atoms with Gasteiger partial charge in [-0.3, -0.25) is 16.5 Å². The number of nitrogens with two attached hydrogens (primary N) is 2. The third-order valence-corrected chi connectivity index (χ3v) is 2.75. The summed E-state index contributed by atoms with van der Waals surface area (Å²) in [5, 5.41) is 2.95. The summed E-state index contributed by atoms with van der Waals surface area (Å²) in [6, 6.07) is 6.92. The van der Waals surface area contributed by atoms with Gasteiger partial charge in [0.05, 0.1) is 0 Å². The van der Waals surface area contributed by atoms with Gasteiger partial charge in [0.15, 0.2) is 0 Å². The molecule has 1 rings (SSSR count). The van der Waals surface area contributed by atoms with E-state index in [0.29, 0.717) is 11.3 Å². The van der Waals surface area contributed by atoms with Crippen LogP contribution < -0.4 is 21.2 Å². The summed E-state index contributed by atoms with van der Waals surface area (Å²) in [5.74, 6) is 8.46. The Morgan fingerprint density at radius 3 is 2.56 bits per heavy atom. The van der Waals surface area contributed by atoms with Crippen LogP contribution in [-0.2, 0) is 0 Å². The summed E-state index contributed by atoms with van der Waals surface area (Å²) >= 11 is 3.70. The van der Waals surface area contributed by atoms with E-state index in [0.717, 1.165) is 6.42 Å². The predicted molar refractivity (Wildman–Crippen MR) is 76.3 cm³/mol. The second-order valence-electron chi connectivity index (χ2n) is 4.31. The highest BCUT2D eigenvalue weighted by molar-refractivity contribution is 7.75. The Labute approximate surface area is 113 Å². The van der Waals surface area contributed by atoms with E-state index in [2.05, 4.69) is 29.9 Å². The molecule has 0 fully saturated rings. The quantitative estimate of drug-likeness (QED) is 0.290. The van der Waals surface area contributed by atoms with Gasteiger partial charge in [-0.2, -0.15) is 0 Å². The highest BCUT2D eigenvalue weighted by Gasteiger charge is 2.18. The molecule has 0 saturated carbocycles. The van der Waals surface area contributed by atoms with Crippen molar-refractivity contribution in [2.75, 3.05) is 0 Å². The fourth-order valence-corrected chi connectivity index (χ4v) is 1.28. The lowest BCUT2D eigenvalue weighted by molar-refractivity contribution is 0.0911. The summed E-state index contributed by atoms with van der Waals surface area (Å²) < 4.78 is 4.78. The van der Waals surface area contributed by atoms with Crippen molar-refractivity contribution in [3.8, 4) is 5.75 Å². The Hall–Kier alpha value is -1.24. The van der Waals surface area contributed by atoms with E-state index in [1.807, 2.05) is 20.8 Å². The molecular formula is C12H21N3O2S. The number of hydrazine groups is 1. The Balaban J connectivity index is 0.00000137. The molecule has 102 valence electrons. The first kappa shape index (κ1) is 16.8. The second kappa shape index (κ2) is 7.97. The van der Waals surface area contributed by atoms with Crippen LogP contribution in [0.5, 0.6) is 5.75 Å². The number of benzene rings is 1. The molecule has 0 saturated heterocycles. The van der Waals surface area contributed by atoms with Gasteiger partial charge < -0.3 is 9.50 Å². The Morgan fingerprint density at radius 1 is 1.44 bits per heavy atom. The van der Waals surface area contributed by atoms with Crippen LogP contribution in [0.3, 0.4) is 0 Å². The molecule has 0 aliphatic rings. The summed E-state index contributed by atoms with van der Waals surface area (Å²) in [7, 11) is 0. The molecule has 0 bridgehead atoms. The minimum Gasteiger partial charge on any atom is -0.429 e. The fraction of sp³-hybridized carbons (Fsp3) is 0.417. The van der Waals surface area contributed by atoms with Crippen LogP contribution in [-0.4, -0.2) is 11.4 Å². The molecule has 1 amide bonds. The highest BCUT2D eigenvalue weighted by atomic mass is 32.1. The zero-order chi connectivity index (χ0) is 14.2. The molecule has 1 aromatic carbocycles. The van der Waals surface area contributed by atoms with Crippen molar-refractivity contribution >= 4 is 18.8 Å². The van der Waals surface area contributed by atoms with Gasteiger partial charge >= 0.3 is 0 Å². The first-order valence-corrected chi connectivity index (χ1v) is 5.92. The average molecular weight is 271 g/mol. The molecule has 0 unspecified atom stereocenters. The third kappa shape index (κ3) is 5.39. The van der Waals surface area contributed by atoms with Crippen molar-refractivity contribution < 1.29 is 8.98 Å². The van der Waals surface area contributed by atoms with Crippen LogP contribution in [0.15, 0.2) is 24.3 Å². The first-order chi connectivity index (χ1) is 8.48. The van der Waals surface area contributed by atoms with E-state index in [1.54, 1.807) is 24.3 Å². The molecule has 0 atom stereocenters. The number of hydrogen-bond donors (Lipinski definition) is 4. The minimum absolute atomic E-state index is 0.0981. The number of hydrogen-bond acceptors (Lipinski definition) is 5. The maximum atomic E-state index is 11.9. The molecule has 18 heavy (non-hydrogen) atoms. The normalized spacial score (nSPS) is 10.1. The lowest BCUT2D eigenvalue weighted by atomic mass is 10.0. The van der Waals surface area contributed by atoms with Crippen LogP contribution in [0.25, 0.3) is 0 Å². The minimum atomic E-state index is -0.199. The van der Waals surface area contributed by atoms with Gasteiger partial charge in [-0.15, -0.1) is 0 Å². The predicted octanol–water partition coefficient (Wildman–Crippen LogP) is 1.65. The van der Waals surface area contributed by atoms with Crippen molar-refractivity contribution in [2.45, 2.75) is 32.7 Å². The number of nitrogens with one attached hydrogen (secondary N) is 1. The number of carbonyl (C=O) groups excluding carboxylic acids is 1. The van der Waals surface area contributed by atoms with E-state index in [9.17, 15) is 4.79 Å². The molecule has 1 aromatic rings. The zero-order valence-electron chi connectivity index (χ0n) is 10.9. The fourth-order valence-electron chi connectivity index (χ4n) is 1.16. The van der Waals surface area contributed by atoms with Gasteiger partial charge in [0, 0.05) is 24.0 Å². The summed E-state index contributed by atoms with van der Waals surface area (Å²) in [6.07, 6.45) is 0.876. The van der Waals surface area contributed by atoms with Crippen molar-refractivity contribution in [1.29, 1.82) is 0 Å². The second-order valence-corrected chi connectivity index (χ2v) is 4.49. The van der Waals surface area contributed by atoms with Crippen LogP contribution in [0.4, 0.5) is 0 Å². The molecular weight excluding hydrogens is 250 g/mol. The van der Waals surface area contributed by atoms with Crippen molar-refractivity contribution in [1.82, 2.24) is 5.32 Å². The molecule has 0 radical (unpaired) electrons. The van der Waals surface area contributed by atoms with Crippen molar-refractivity contribution in [2.24, 2.45) is 11.7 Å². The molecule has 0 aliphatic heterocycles. The third-order valence-electron chi connectivity index (χ3n) is 2.54. The number of thiol groups is 1. The van der Waals surface area contributed by atoms with Gasteiger partial charge in [-0.05, 0) is 38.5 Å². The average Bonchev–Trinajstić information content (AvgIpc) is 2.40. The molecule has 0 aromatic heterocycles. The highest BCUT2D eigenvalue weighted by Crippen LogP contribution is 2.15. The maximum absolute atomic E-state index is 11.9. The lowest BCUT2D eigenvalue weighted by Gasteiger charge is -2.24. The largest absolute Gasteiger partial charge is 0.429 e. The summed E-state index contributed by atoms with van der Waals surface area (Å²) in [6.45, 7) is 6.02. The number of carbonyl (C=O) groups is 1. The number of rotatable bonds is 4. The topological polar surface area (TPSA) is 90.4 Å². The maximum Gasteiger partial charge on any atom is 0.251 e. The zero-order valence-corrected chi connectivity index (χ0v) is 11.8. The van der Waals surface area contributed by atoms with E-state index < -0.39 is 0 Å². The molecule has 5 nitrogen and oxygen atoms in total. The van der Waals surface area contributed by atoms with E-state index in [-0.39, 0.29) is 11.4 Å². The molecule has 5 N–H and O–H groups in total. The van der Waals surface area contributed by atoms with E-state index in [1.165, 1.54) is 0 Å². The van der Waals surface area contributed by atoms with Crippen molar-refractivity contribution in [3.63, 3.8) is 0 Å². The van der Waals surface area contributed by atoms with Crippen LogP contribution >= 0.6 is 12.9 Å².